The number of alkyl halides is 2. The number of halogens is 2. The first-order chi connectivity index (χ1) is 9.55. The lowest BCUT2D eigenvalue weighted by Crippen LogP contribution is -2.16. The van der Waals surface area contributed by atoms with E-state index >= 15 is 0 Å². The van der Waals surface area contributed by atoms with Gasteiger partial charge in [0.2, 0.25) is 0 Å². The van der Waals surface area contributed by atoms with Crippen LogP contribution in [0.2, 0.25) is 0 Å². The molecule has 1 fully saturated rings. The van der Waals surface area contributed by atoms with Gasteiger partial charge in [0.25, 0.3) is 5.92 Å². The van der Waals surface area contributed by atoms with Crippen molar-refractivity contribution in [3.05, 3.63) is 23.3 Å². The Balaban J connectivity index is 2.07. The summed E-state index contributed by atoms with van der Waals surface area (Å²) in [6.07, 6.45) is 1.65. The van der Waals surface area contributed by atoms with Crippen LogP contribution in [-0.2, 0) is 5.92 Å². The molecule has 1 aromatic carbocycles. The SMILES string of the molecule is CC(F)(F)c1cc2c(cc1C1CCNC1)OCCCO2. The minimum absolute atomic E-state index is 0.0652. The summed E-state index contributed by atoms with van der Waals surface area (Å²) in [6.45, 7) is 3.62. The monoisotopic (exact) mass is 283 g/mol. The molecule has 2 heterocycles. The number of hydrogen-bond acceptors (Lipinski definition) is 3. The fourth-order valence-electron chi connectivity index (χ4n) is 2.86. The van der Waals surface area contributed by atoms with Crippen LogP contribution >= 0.6 is 0 Å². The van der Waals surface area contributed by atoms with Gasteiger partial charge in [-0.25, -0.2) is 8.78 Å². The van der Waals surface area contributed by atoms with Crippen LogP contribution in [0.1, 0.15) is 36.8 Å². The number of rotatable bonds is 2. The summed E-state index contributed by atoms with van der Waals surface area (Å²) in [4.78, 5) is 0. The highest BCUT2D eigenvalue weighted by Crippen LogP contribution is 2.42. The van der Waals surface area contributed by atoms with Gasteiger partial charge in [0.05, 0.1) is 13.2 Å². The second-order valence-electron chi connectivity index (χ2n) is 5.51. The minimum atomic E-state index is -2.87. The zero-order chi connectivity index (χ0) is 14.2. The smallest absolute Gasteiger partial charge is 0.270 e. The molecule has 0 spiro atoms. The first-order valence-corrected chi connectivity index (χ1v) is 7.08. The second-order valence-corrected chi connectivity index (χ2v) is 5.51. The maximum Gasteiger partial charge on any atom is 0.270 e. The summed E-state index contributed by atoms with van der Waals surface area (Å²) < 4.78 is 39.0. The zero-order valence-electron chi connectivity index (χ0n) is 11.5. The topological polar surface area (TPSA) is 30.5 Å². The van der Waals surface area contributed by atoms with Crippen LogP contribution in [-0.4, -0.2) is 26.3 Å². The molecule has 1 atom stereocenters. The van der Waals surface area contributed by atoms with Crippen molar-refractivity contribution < 1.29 is 18.3 Å². The zero-order valence-corrected chi connectivity index (χ0v) is 11.5. The predicted molar refractivity (Wildman–Crippen MR) is 71.8 cm³/mol. The molecular weight excluding hydrogens is 264 g/mol. The third kappa shape index (κ3) is 2.59. The normalized spacial score (nSPS) is 22.6. The third-order valence-electron chi connectivity index (χ3n) is 3.89. The highest BCUT2D eigenvalue weighted by Gasteiger charge is 2.33. The summed E-state index contributed by atoms with van der Waals surface area (Å²) in [5.74, 6) is -1.72. The lowest BCUT2D eigenvalue weighted by atomic mass is 9.90. The van der Waals surface area contributed by atoms with Crippen LogP contribution < -0.4 is 14.8 Å². The van der Waals surface area contributed by atoms with Gasteiger partial charge in [-0.15, -0.1) is 0 Å². The molecule has 0 aromatic heterocycles. The van der Waals surface area contributed by atoms with Crippen molar-refractivity contribution in [3.8, 4) is 11.5 Å². The molecule has 5 heteroatoms. The molecule has 1 aromatic rings. The van der Waals surface area contributed by atoms with Crippen molar-refractivity contribution in [2.45, 2.75) is 31.6 Å². The van der Waals surface area contributed by atoms with E-state index in [1.54, 1.807) is 6.07 Å². The number of hydrogen-bond donors (Lipinski definition) is 1. The van der Waals surface area contributed by atoms with E-state index in [2.05, 4.69) is 5.32 Å². The molecule has 2 aliphatic heterocycles. The van der Waals surface area contributed by atoms with Crippen molar-refractivity contribution in [2.24, 2.45) is 0 Å². The van der Waals surface area contributed by atoms with Gasteiger partial charge in [-0.05, 0) is 36.6 Å². The van der Waals surface area contributed by atoms with Crippen LogP contribution in [0, 0.1) is 0 Å². The Kier molecular flexibility index (Phi) is 3.54. The number of nitrogens with one attached hydrogen (secondary N) is 1. The number of ether oxygens (including phenoxy) is 2. The van der Waals surface area contributed by atoms with Gasteiger partial charge in [-0.1, -0.05) is 0 Å². The third-order valence-corrected chi connectivity index (χ3v) is 3.89. The maximum atomic E-state index is 13.9. The van der Waals surface area contributed by atoms with E-state index in [-0.39, 0.29) is 11.5 Å². The number of fused-ring (bicyclic) bond motifs is 1. The summed E-state index contributed by atoms with van der Waals surface area (Å²) in [5, 5.41) is 3.22. The summed E-state index contributed by atoms with van der Waals surface area (Å²) in [6, 6.07) is 3.22. The van der Waals surface area contributed by atoms with E-state index in [1.165, 1.54) is 6.07 Å². The average Bonchev–Trinajstić information content (AvgIpc) is 2.82. The fraction of sp³-hybridized carbons (Fsp3) is 0.600. The van der Waals surface area contributed by atoms with E-state index in [0.29, 0.717) is 30.3 Å². The minimum Gasteiger partial charge on any atom is -0.490 e. The molecule has 1 saturated heterocycles. The van der Waals surface area contributed by atoms with Gasteiger partial charge in [-0.2, -0.15) is 0 Å². The van der Waals surface area contributed by atoms with Crippen molar-refractivity contribution in [2.75, 3.05) is 26.3 Å². The van der Waals surface area contributed by atoms with E-state index < -0.39 is 5.92 Å². The molecule has 0 radical (unpaired) electrons. The Morgan fingerprint density at radius 2 is 1.90 bits per heavy atom. The van der Waals surface area contributed by atoms with E-state index in [1.807, 2.05) is 0 Å². The van der Waals surface area contributed by atoms with E-state index in [4.69, 9.17) is 9.47 Å². The van der Waals surface area contributed by atoms with Gasteiger partial charge in [0.15, 0.2) is 11.5 Å². The largest absolute Gasteiger partial charge is 0.490 e. The van der Waals surface area contributed by atoms with Crippen molar-refractivity contribution in [3.63, 3.8) is 0 Å². The standard InChI is InChI=1S/C15H19F2NO2/c1-15(16,17)12-8-14-13(19-5-2-6-20-14)7-11(12)10-3-4-18-9-10/h7-8,10,18H,2-6,9H2,1H3. The Morgan fingerprint density at radius 1 is 1.20 bits per heavy atom. The molecular formula is C15H19F2NO2. The molecule has 3 nitrogen and oxygen atoms in total. The Labute approximate surface area is 117 Å². The van der Waals surface area contributed by atoms with Crippen LogP contribution in [0.15, 0.2) is 12.1 Å². The fourth-order valence-corrected chi connectivity index (χ4v) is 2.86. The molecule has 3 rings (SSSR count). The lowest BCUT2D eigenvalue weighted by Gasteiger charge is -2.22. The highest BCUT2D eigenvalue weighted by molar-refractivity contribution is 5.50. The van der Waals surface area contributed by atoms with Crippen LogP contribution in [0.4, 0.5) is 8.78 Å². The predicted octanol–water partition coefficient (Wildman–Crippen LogP) is 3.04. The molecule has 0 aliphatic carbocycles. The van der Waals surface area contributed by atoms with Crippen molar-refractivity contribution in [1.29, 1.82) is 0 Å². The van der Waals surface area contributed by atoms with Crippen molar-refractivity contribution in [1.82, 2.24) is 5.32 Å². The molecule has 0 amide bonds. The Hall–Kier alpha value is -1.36. The Morgan fingerprint density at radius 3 is 2.50 bits per heavy atom. The highest BCUT2D eigenvalue weighted by atomic mass is 19.3. The van der Waals surface area contributed by atoms with Crippen LogP contribution in [0.3, 0.4) is 0 Å². The molecule has 2 aliphatic rings. The second kappa shape index (κ2) is 5.20. The van der Waals surface area contributed by atoms with E-state index in [9.17, 15) is 8.78 Å². The van der Waals surface area contributed by atoms with Crippen LogP contribution in [0.25, 0.3) is 0 Å². The average molecular weight is 283 g/mol. The molecule has 1 N–H and O–H groups in total. The van der Waals surface area contributed by atoms with Gasteiger partial charge < -0.3 is 14.8 Å². The Bertz CT molecular complexity index is 493. The van der Waals surface area contributed by atoms with Gasteiger partial charge in [0.1, 0.15) is 0 Å². The first kappa shape index (κ1) is 13.6. The van der Waals surface area contributed by atoms with E-state index in [0.717, 1.165) is 32.9 Å². The molecule has 20 heavy (non-hydrogen) atoms. The van der Waals surface area contributed by atoms with Crippen LogP contribution in [0.5, 0.6) is 11.5 Å². The maximum absolute atomic E-state index is 13.9. The van der Waals surface area contributed by atoms with Gasteiger partial charge in [0, 0.05) is 25.5 Å². The van der Waals surface area contributed by atoms with Gasteiger partial charge in [-0.3, -0.25) is 0 Å². The quantitative estimate of drug-likeness (QED) is 0.905. The first-order valence-electron chi connectivity index (χ1n) is 7.08. The summed E-state index contributed by atoms with van der Waals surface area (Å²) in [5.41, 5.74) is 0.752. The molecule has 110 valence electrons. The molecule has 1 unspecified atom stereocenters. The molecule has 0 saturated carbocycles. The van der Waals surface area contributed by atoms with Crippen molar-refractivity contribution >= 4 is 0 Å². The lowest BCUT2D eigenvalue weighted by molar-refractivity contribution is 0.0159. The molecule has 0 bridgehead atoms. The summed E-state index contributed by atoms with van der Waals surface area (Å²) >= 11 is 0. The van der Waals surface area contributed by atoms with Gasteiger partial charge >= 0.3 is 0 Å². The number of benzene rings is 1. The summed E-state index contributed by atoms with van der Waals surface area (Å²) in [7, 11) is 0.